The smallest absolute Gasteiger partial charge is 0.205 e. The molecule has 102 valence electrons. The van der Waals surface area contributed by atoms with Gasteiger partial charge < -0.3 is 14.7 Å². The van der Waals surface area contributed by atoms with E-state index in [0.717, 1.165) is 36.9 Å². The number of aliphatic hydroxyl groups is 1. The molecule has 1 aromatic heterocycles. The number of aliphatic hydroxyl groups excluding tert-OH is 1. The van der Waals surface area contributed by atoms with Crippen LogP contribution in [0.25, 0.3) is 0 Å². The zero-order chi connectivity index (χ0) is 13.0. The Labute approximate surface area is 112 Å². The molecule has 0 amide bonds. The molecule has 0 spiro atoms. The van der Waals surface area contributed by atoms with Gasteiger partial charge in [-0.05, 0) is 12.8 Å². The monoisotopic (exact) mass is 271 g/mol. The Kier molecular flexibility index (Phi) is 4.91. The van der Waals surface area contributed by atoms with Crippen molar-refractivity contribution in [1.29, 1.82) is 0 Å². The van der Waals surface area contributed by atoms with Gasteiger partial charge in [0.1, 0.15) is 5.82 Å². The molecule has 1 fully saturated rings. The van der Waals surface area contributed by atoms with Crippen LogP contribution in [0.2, 0.25) is 0 Å². The molecule has 0 aliphatic carbocycles. The van der Waals surface area contributed by atoms with Crippen molar-refractivity contribution in [2.45, 2.75) is 38.7 Å². The zero-order valence-electron chi connectivity index (χ0n) is 11.0. The summed E-state index contributed by atoms with van der Waals surface area (Å²) in [7, 11) is 0. The van der Waals surface area contributed by atoms with Crippen LogP contribution in [0.4, 0.5) is 5.13 Å². The van der Waals surface area contributed by atoms with Crippen LogP contribution >= 0.6 is 11.5 Å². The van der Waals surface area contributed by atoms with Crippen molar-refractivity contribution in [3.05, 3.63) is 5.82 Å². The molecule has 0 radical (unpaired) electrons. The minimum Gasteiger partial charge on any atom is -0.394 e. The van der Waals surface area contributed by atoms with Crippen LogP contribution in [0.15, 0.2) is 0 Å². The average molecular weight is 271 g/mol. The Morgan fingerprint density at radius 2 is 2.39 bits per heavy atom. The molecular weight excluding hydrogens is 250 g/mol. The number of anilines is 1. The third-order valence-electron chi connectivity index (χ3n) is 3.04. The van der Waals surface area contributed by atoms with Gasteiger partial charge in [-0.2, -0.15) is 4.37 Å². The normalized spacial score (nSPS) is 20.7. The van der Waals surface area contributed by atoms with Gasteiger partial charge in [-0.3, -0.25) is 0 Å². The van der Waals surface area contributed by atoms with Crippen molar-refractivity contribution in [3.8, 4) is 0 Å². The first-order valence-electron chi connectivity index (χ1n) is 6.51. The van der Waals surface area contributed by atoms with Gasteiger partial charge in [0, 0.05) is 30.5 Å². The lowest BCUT2D eigenvalue weighted by Crippen LogP contribution is -2.40. The Morgan fingerprint density at radius 3 is 3.06 bits per heavy atom. The van der Waals surface area contributed by atoms with Crippen LogP contribution in [0.1, 0.15) is 38.4 Å². The third-order valence-corrected chi connectivity index (χ3v) is 3.83. The van der Waals surface area contributed by atoms with E-state index in [9.17, 15) is 0 Å². The van der Waals surface area contributed by atoms with Gasteiger partial charge in [0.2, 0.25) is 5.13 Å². The highest BCUT2D eigenvalue weighted by atomic mass is 32.1. The Hall–Kier alpha value is -0.720. The molecule has 1 atom stereocenters. The van der Waals surface area contributed by atoms with Gasteiger partial charge in [0.25, 0.3) is 0 Å². The number of rotatable bonds is 5. The van der Waals surface area contributed by atoms with Gasteiger partial charge in [0.05, 0.1) is 19.3 Å². The van der Waals surface area contributed by atoms with E-state index in [-0.39, 0.29) is 12.7 Å². The van der Waals surface area contributed by atoms with Gasteiger partial charge >= 0.3 is 0 Å². The molecule has 2 rings (SSSR count). The van der Waals surface area contributed by atoms with E-state index in [1.165, 1.54) is 11.5 Å². The lowest BCUT2D eigenvalue weighted by Gasteiger charge is -2.32. The molecular formula is C12H21N3O2S. The van der Waals surface area contributed by atoms with Crippen molar-refractivity contribution in [2.75, 3.05) is 31.2 Å². The lowest BCUT2D eigenvalue weighted by atomic mass is 10.1. The predicted octanol–water partition coefficient (Wildman–Crippen LogP) is 1.64. The predicted molar refractivity (Wildman–Crippen MR) is 72.3 cm³/mol. The number of aromatic nitrogens is 2. The van der Waals surface area contributed by atoms with E-state index >= 15 is 0 Å². The van der Waals surface area contributed by atoms with Crippen molar-refractivity contribution >= 4 is 16.7 Å². The lowest BCUT2D eigenvalue weighted by molar-refractivity contribution is 0.0214. The van der Waals surface area contributed by atoms with E-state index in [4.69, 9.17) is 9.84 Å². The first-order valence-corrected chi connectivity index (χ1v) is 7.29. The maximum absolute atomic E-state index is 8.79. The van der Waals surface area contributed by atoms with Crippen molar-refractivity contribution < 1.29 is 9.84 Å². The highest BCUT2D eigenvalue weighted by Crippen LogP contribution is 2.25. The van der Waals surface area contributed by atoms with E-state index in [0.29, 0.717) is 12.5 Å². The number of nitrogens with zero attached hydrogens (tertiary/aromatic N) is 3. The van der Waals surface area contributed by atoms with Crippen molar-refractivity contribution in [1.82, 2.24) is 9.36 Å². The van der Waals surface area contributed by atoms with Gasteiger partial charge in [-0.25, -0.2) is 4.98 Å². The molecule has 2 heterocycles. The quantitative estimate of drug-likeness (QED) is 0.882. The maximum Gasteiger partial charge on any atom is 0.205 e. The fourth-order valence-electron chi connectivity index (χ4n) is 2.06. The fraction of sp³-hybridized carbons (Fsp3) is 0.833. The average Bonchev–Trinajstić information content (AvgIpc) is 2.86. The number of piperidine rings is 1. The second-order valence-corrected chi connectivity index (χ2v) is 5.62. The first-order chi connectivity index (χ1) is 8.70. The molecule has 1 aliphatic heterocycles. The van der Waals surface area contributed by atoms with Gasteiger partial charge in [-0.1, -0.05) is 13.8 Å². The maximum atomic E-state index is 8.79. The Morgan fingerprint density at radius 1 is 1.56 bits per heavy atom. The number of ether oxygens (including phenoxy) is 1. The summed E-state index contributed by atoms with van der Waals surface area (Å²) in [5.74, 6) is 1.30. The first kappa shape index (κ1) is 13.7. The summed E-state index contributed by atoms with van der Waals surface area (Å²) in [6, 6.07) is 0. The van der Waals surface area contributed by atoms with E-state index < -0.39 is 0 Å². The largest absolute Gasteiger partial charge is 0.394 e. The second-order valence-electron chi connectivity index (χ2n) is 4.89. The molecule has 6 heteroatoms. The molecule has 1 aliphatic rings. The summed E-state index contributed by atoms with van der Waals surface area (Å²) in [5, 5.41) is 9.78. The Balaban J connectivity index is 1.94. The molecule has 1 unspecified atom stereocenters. The Bertz CT molecular complexity index is 370. The van der Waals surface area contributed by atoms with E-state index in [2.05, 4.69) is 28.1 Å². The summed E-state index contributed by atoms with van der Waals surface area (Å²) < 4.78 is 9.99. The van der Waals surface area contributed by atoms with Crippen LogP contribution in [-0.4, -0.2) is 46.9 Å². The summed E-state index contributed by atoms with van der Waals surface area (Å²) in [6.07, 6.45) is 2.37. The topological polar surface area (TPSA) is 58.5 Å². The van der Waals surface area contributed by atoms with E-state index in [1.54, 1.807) is 0 Å². The highest BCUT2D eigenvalue weighted by molar-refractivity contribution is 7.09. The summed E-state index contributed by atoms with van der Waals surface area (Å²) in [5.41, 5.74) is 0. The van der Waals surface area contributed by atoms with Crippen LogP contribution < -0.4 is 4.90 Å². The third kappa shape index (κ3) is 3.40. The molecule has 0 bridgehead atoms. The minimum absolute atomic E-state index is 0.0901. The van der Waals surface area contributed by atoms with Crippen molar-refractivity contribution in [2.24, 2.45) is 0 Å². The molecule has 0 saturated carbocycles. The minimum atomic E-state index is 0.0901. The summed E-state index contributed by atoms with van der Waals surface area (Å²) in [6.45, 7) is 6.60. The second kappa shape index (κ2) is 6.45. The van der Waals surface area contributed by atoms with Crippen LogP contribution in [0.3, 0.4) is 0 Å². The molecule has 18 heavy (non-hydrogen) atoms. The SMILES string of the molecule is CC(C)c1nsc(N2CCCC(OCCO)C2)n1. The van der Waals surface area contributed by atoms with Gasteiger partial charge in [0.15, 0.2) is 0 Å². The molecule has 1 saturated heterocycles. The van der Waals surface area contributed by atoms with Crippen LogP contribution in [0, 0.1) is 0 Å². The van der Waals surface area contributed by atoms with Crippen molar-refractivity contribution in [3.63, 3.8) is 0 Å². The zero-order valence-corrected chi connectivity index (χ0v) is 11.8. The molecule has 5 nitrogen and oxygen atoms in total. The molecule has 1 aromatic rings. The number of hydrogen-bond acceptors (Lipinski definition) is 6. The molecule has 1 N–H and O–H groups in total. The van der Waals surface area contributed by atoms with E-state index in [1.807, 2.05) is 0 Å². The summed E-state index contributed by atoms with van der Waals surface area (Å²) >= 11 is 1.47. The van der Waals surface area contributed by atoms with Gasteiger partial charge in [-0.15, -0.1) is 0 Å². The standard InChI is InChI=1S/C12H21N3O2S/c1-9(2)11-13-12(18-14-11)15-5-3-4-10(8-15)17-7-6-16/h9-10,16H,3-8H2,1-2H3. The van der Waals surface area contributed by atoms with Crippen LogP contribution in [0.5, 0.6) is 0 Å². The molecule has 0 aromatic carbocycles. The fourth-order valence-corrected chi connectivity index (χ4v) is 2.90. The summed E-state index contributed by atoms with van der Waals surface area (Å²) in [4.78, 5) is 6.82. The van der Waals surface area contributed by atoms with Crippen LogP contribution in [-0.2, 0) is 4.74 Å². The highest BCUT2D eigenvalue weighted by Gasteiger charge is 2.23. The number of hydrogen-bond donors (Lipinski definition) is 1.